The quantitative estimate of drug-likeness (QED) is 0.670. The molecule has 0 saturated carbocycles. The monoisotopic (exact) mass is 289 g/mol. The summed E-state index contributed by atoms with van der Waals surface area (Å²) in [5.74, 6) is 2.52. The van der Waals surface area contributed by atoms with Gasteiger partial charge in [-0.3, -0.25) is 0 Å². The van der Waals surface area contributed by atoms with Gasteiger partial charge in [0, 0.05) is 21.9 Å². The van der Waals surface area contributed by atoms with E-state index in [1.54, 1.807) is 26.0 Å². The van der Waals surface area contributed by atoms with Crippen LogP contribution in [0.1, 0.15) is 11.1 Å². The summed E-state index contributed by atoms with van der Waals surface area (Å²) in [7, 11) is 3.35. The SMILES string of the molecule is COc1ccc(OC)c(CSc2cc(N)ccc2C)c1. The second kappa shape index (κ2) is 6.57. The molecule has 0 saturated heterocycles. The van der Waals surface area contributed by atoms with E-state index in [4.69, 9.17) is 15.2 Å². The Bertz CT molecular complexity index is 599. The van der Waals surface area contributed by atoms with E-state index in [2.05, 4.69) is 6.92 Å². The zero-order chi connectivity index (χ0) is 14.5. The van der Waals surface area contributed by atoms with E-state index in [0.717, 1.165) is 28.5 Å². The van der Waals surface area contributed by atoms with Crippen LogP contribution >= 0.6 is 11.8 Å². The Kier molecular flexibility index (Phi) is 4.79. The molecule has 3 nitrogen and oxygen atoms in total. The number of anilines is 1. The molecule has 0 unspecified atom stereocenters. The number of benzene rings is 2. The van der Waals surface area contributed by atoms with E-state index in [1.165, 1.54) is 10.5 Å². The van der Waals surface area contributed by atoms with Gasteiger partial charge in [-0.1, -0.05) is 6.07 Å². The zero-order valence-corrected chi connectivity index (χ0v) is 12.8. The second-order valence-corrected chi connectivity index (χ2v) is 5.51. The lowest BCUT2D eigenvalue weighted by molar-refractivity contribution is 0.400. The van der Waals surface area contributed by atoms with Gasteiger partial charge in [0.2, 0.25) is 0 Å². The third kappa shape index (κ3) is 3.39. The summed E-state index contributed by atoms with van der Waals surface area (Å²) in [4.78, 5) is 1.19. The van der Waals surface area contributed by atoms with Gasteiger partial charge in [-0.05, 0) is 42.8 Å². The number of methoxy groups -OCH3 is 2. The first-order chi connectivity index (χ1) is 9.63. The van der Waals surface area contributed by atoms with E-state index >= 15 is 0 Å². The first-order valence-corrected chi connectivity index (χ1v) is 7.32. The van der Waals surface area contributed by atoms with Crippen LogP contribution in [0, 0.1) is 6.92 Å². The average molecular weight is 289 g/mol. The first-order valence-electron chi connectivity index (χ1n) is 6.34. The van der Waals surface area contributed by atoms with Gasteiger partial charge in [-0.25, -0.2) is 0 Å². The highest BCUT2D eigenvalue weighted by molar-refractivity contribution is 7.98. The summed E-state index contributed by atoms with van der Waals surface area (Å²) in [6, 6.07) is 11.8. The molecule has 0 aliphatic heterocycles. The fourth-order valence-corrected chi connectivity index (χ4v) is 2.97. The minimum atomic E-state index is 0.788. The normalized spacial score (nSPS) is 10.3. The molecule has 0 radical (unpaired) electrons. The second-order valence-electron chi connectivity index (χ2n) is 4.49. The van der Waals surface area contributed by atoms with Gasteiger partial charge in [0.25, 0.3) is 0 Å². The Balaban J connectivity index is 2.19. The molecule has 0 fully saturated rings. The van der Waals surface area contributed by atoms with Gasteiger partial charge in [-0.15, -0.1) is 11.8 Å². The predicted octanol–water partition coefficient (Wildman–Crippen LogP) is 3.89. The minimum Gasteiger partial charge on any atom is -0.497 e. The summed E-state index contributed by atoms with van der Waals surface area (Å²) in [6.45, 7) is 2.09. The van der Waals surface area contributed by atoms with Crippen molar-refractivity contribution in [1.82, 2.24) is 0 Å². The van der Waals surface area contributed by atoms with E-state index in [9.17, 15) is 0 Å². The molecule has 0 spiro atoms. The number of nitrogens with two attached hydrogens (primary N) is 1. The van der Waals surface area contributed by atoms with Crippen LogP contribution in [0.4, 0.5) is 5.69 Å². The van der Waals surface area contributed by atoms with Crippen LogP contribution in [-0.2, 0) is 5.75 Å². The molecule has 4 heteroatoms. The van der Waals surface area contributed by atoms with Gasteiger partial charge >= 0.3 is 0 Å². The number of thioether (sulfide) groups is 1. The third-order valence-corrected chi connectivity index (χ3v) is 4.29. The van der Waals surface area contributed by atoms with Crippen molar-refractivity contribution < 1.29 is 9.47 Å². The average Bonchev–Trinajstić information content (AvgIpc) is 2.47. The fourth-order valence-electron chi connectivity index (χ4n) is 1.92. The lowest BCUT2D eigenvalue weighted by atomic mass is 10.2. The molecule has 0 atom stereocenters. The predicted molar refractivity (Wildman–Crippen MR) is 84.7 cm³/mol. The molecule has 106 valence electrons. The molecule has 2 aromatic carbocycles. The molecule has 0 aromatic heterocycles. The van der Waals surface area contributed by atoms with Crippen molar-refractivity contribution >= 4 is 17.4 Å². The van der Waals surface area contributed by atoms with Crippen molar-refractivity contribution in [2.75, 3.05) is 20.0 Å². The number of hydrogen-bond donors (Lipinski definition) is 1. The van der Waals surface area contributed by atoms with Crippen molar-refractivity contribution in [3.8, 4) is 11.5 Å². The molecule has 2 aromatic rings. The van der Waals surface area contributed by atoms with Gasteiger partial charge in [0.05, 0.1) is 14.2 Å². The standard InChI is InChI=1S/C16H19NO2S/c1-11-4-5-13(17)9-16(11)20-10-12-8-14(18-2)6-7-15(12)19-3/h4-9H,10,17H2,1-3H3. The summed E-state index contributed by atoms with van der Waals surface area (Å²) < 4.78 is 10.7. The Morgan fingerprint density at radius 3 is 2.55 bits per heavy atom. The van der Waals surface area contributed by atoms with Crippen molar-refractivity contribution in [2.45, 2.75) is 17.6 Å². The molecule has 20 heavy (non-hydrogen) atoms. The van der Waals surface area contributed by atoms with Crippen LogP contribution in [0.25, 0.3) is 0 Å². The molecule has 2 N–H and O–H groups in total. The molecule has 2 rings (SSSR count). The van der Waals surface area contributed by atoms with Crippen LogP contribution in [0.3, 0.4) is 0 Å². The van der Waals surface area contributed by atoms with Gasteiger partial charge in [0.1, 0.15) is 11.5 Å². The molecule has 0 amide bonds. The largest absolute Gasteiger partial charge is 0.497 e. The highest BCUT2D eigenvalue weighted by Gasteiger charge is 2.07. The molecular formula is C16H19NO2S. The summed E-state index contributed by atoms with van der Waals surface area (Å²) >= 11 is 1.75. The number of hydrogen-bond acceptors (Lipinski definition) is 4. The zero-order valence-electron chi connectivity index (χ0n) is 12.0. The van der Waals surface area contributed by atoms with Crippen molar-refractivity contribution in [2.24, 2.45) is 0 Å². The van der Waals surface area contributed by atoms with Gasteiger partial charge < -0.3 is 15.2 Å². The number of ether oxygens (including phenoxy) is 2. The third-order valence-electron chi connectivity index (χ3n) is 3.08. The summed E-state index contributed by atoms with van der Waals surface area (Å²) in [6.07, 6.45) is 0. The Morgan fingerprint density at radius 1 is 1.05 bits per heavy atom. The molecular weight excluding hydrogens is 270 g/mol. The number of nitrogen functional groups attached to an aromatic ring is 1. The topological polar surface area (TPSA) is 44.5 Å². The first kappa shape index (κ1) is 14.6. The van der Waals surface area contributed by atoms with Crippen LogP contribution in [0.2, 0.25) is 0 Å². The fraction of sp³-hybridized carbons (Fsp3) is 0.250. The van der Waals surface area contributed by atoms with E-state index in [1.807, 2.05) is 36.4 Å². The Labute approximate surface area is 124 Å². The van der Waals surface area contributed by atoms with E-state index < -0.39 is 0 Å². The van der Waals surface area contributed by atoms with Crippen LogP contribution < -0.4 is 15.2 Å². The summed E-state index contributed by atoms with van der Waals surface area (Å²) in [5, 5.41) is 0. The lowest BCUT2D eigenvalue weighted by Gasteiger charge is -2.11. The highest BCUT2D eigenvalue weighted by Crippen LogP contribution is 2.32. The van der Waals surface area contributed by atoms with Crippen LogP contribution in [0.5, 0.6) is 11.5 Å². The van der Waals surface area contributed by atoms with E-state index in [0.29, 0.717) is 0 Å². The number of rotatable bonds is 5. The van der Waals surface area contributed by atoms with Gasteiger partial charge in [0.15, 0.2) is 0 Å². The molecule has 0 aliphatic rings. The van der Waals surface area contributed by atoms with Crippen LogP contribution in [0.15, 0.2) is 41.3 Å². The molecule has 0 aliphatic carbocycles. The van der Waals surface area contributed by atoms with Gasteiger partial charge in [-0.2, -0.15) is 0 Å². The summed E-state index contributed by atoms with van der Waals surface area (Å²) in [5.41, 5.74) is 8.97. The number of aryl methyl sites for hydroxylation is 1. The molecule has 0 heterocycles. The Morgan fingerprint density at radius 2 is 1.85 bits per heavy atom. The van der Waals surface area contributed by atoms with Crippen molar-refractivity contribution in [3.05, 3.63) is 47.5 Å². The molecule has 0 bridgehead atoms. The maximum Gasteiger partial charge on any atom is 0.123 e. The maximum atomic E-state index is 5.84. The maximum absolute atomic E-state index is 5.84. The Hall–Kier alpha value is -1.81. The van der Waals surface area contributed by atoms with Crippen molar-refractivity contribution in [1.29, 1.82) is 0 Å². The smallest absolute Gasteiger partial charge is 0.123 e. The minimum absolute atomic E-state index is 0.788. The van der Waals surface area contributed by atoms with E-state index in [-0.39, 0.29) is 0 Å². The lowest BCUT2D eigenvalue weighted by Crippen LogP contribution is -1.93. The highest BCUT2D eigenvalue weighted by atomic mass is 32.2. The van der Waals surface area contributed by atoms with Crippen molar-refractivity contribution in [3.63, 3.8) is 0 Å². The van der Waals surface area contributed by atoms with Crippen LogP contribution in [-0.4, -0.2) is 14.2 Å².